The molecule has 0 aliphatic carbocycles. The molecule has 0 unspecified atom stereocenters. The van der Waals surface area contributed by atoms with E-state index in [4.69, 9.17) is 5.11 Å². The number of hydrogen-bond acceptors (Lipinski definition) is 4. The Kier molecular flexibility index (Phi) is 5.05. The second kappa shape index (κ2) is 6.99. The number of amides is 2. The number of nitrogens with zero attached hydrogens (tertiary/aromatic N) is 2. The summed E-state index contributed by atoms with van der Waals surface area (Å²) < 4.78 is 12.9. The molecule has 0 radical (unpaired) electrons. The van der Waals surface area contributed by atoms with Gasteiger partial charge in [-0.15, -0.1) is 0 Å². The maximum Gasteiger partial charge on any atom is 0.325 e. The summed E-state index contributed by atoms with van der Waals surface area (Å²) in [6.07, 6.45) is 0.256. The molecule has 1 aliphatic rings. The lowest BCUT2D eigenvalue weighted by Crippen LogP contribution is -2.44. The van der Waals surface area contributed by atoms with Crippen molar-refractivity contribution in [2.24, 2.45) is 5.10 Å². The van der Waals surface area contributed by atoms with Crippen LogP contribution in [0.25, 0.3) is 0 Å². The fourth-order valence-corrected chi connectivity index (χ4v) is 1.99. The standard InChI is InChI=1S/C15H16FN3O4/c1-9(15(22)23)17-14(21)12-6-7-13(20)19(18-12)8-10-2-4-11(16)5-3-10/h2-5,9H,6-8H2,1H3,(H,17,21)(H,22,23)/t9-/m1/s1. The zero-order valence-corrected chi connectivity index (χ0v) is 12.5. The number of carboxylic acids is 1. The Labute approximate surface area is 131 Å². The van der Waals surface area contributed by atoms with Gasteiger partial charge in [0.1, 0.15) is 17.6 Å². The molecule has 2 rings (SSSR count). The van der Waals surface area contributed by atoms with Crippen LogP contribution in [0, 0.1) is 5.82 Å². The van der Waals surface area contributed by atoms with E-state index in [1.807, 2.05) is 0 Å². The molecule has 0 spiro atoms. The molecule has 0 bridgehead atoms. The molecule has 1 aromatic carbocycles. The third-order valence-corrected chi connectivity index (χ3v) is 3.33. The van der Waals surface area contributed by atoms with E-state index in [0.29, 0.717) is 5.56 Å². The first-order valence-corrected chi connectivity index (χ1v) is 7.03. The third kappa shape index (κ3) is 4.35. The highest BCUT2D eigenvalue weighted by Gasteiger charge is 2.26. The van der Waals surface area contributed by atoms with Crippen LogP contribution in [0.15, 0.2) is 29.4 Å². The van der Waals surface area contributed by atoms with Crippen molar-refractivity contribution in [3.05, 3.63) is 35.6 Å². The van der Waals surface area contributed by atoms with E-state index < -0.39 is 17.9 Å². The highest BCUT2D eigenvalue weighted by Crippen LogP contribution is 2.14. The molecule has 2 amide bonds. The van der Waals surface area contributed by atoms with Gasteiger partial charge in [0.05, 0.1) is 6.54 Å². The topological polar surface area (TPSA) is 99.1 Å². The number of nitrogens with one attached hydrogen (secondary N) is 1. The molecule has 1 heterocycles. The first-order valence-electron chi connectivity index (χ1n) is 7.03. The molecule has 0 saturated carbocycles. The molecule has 0 saturated heterocycles. The van der Waals surface area contributed by atoms with Crippen LogP contribution >= 0.6 is 0 Å². The largest absolute Gasteiger partial charge is 0.480 e. The molecule has 0 fully saturated rings. The SMILES string of the molecule is C[C@@H](NC(=O)C1=NN(Cc2ccc(F)cc2)C(=O)CC1)C(=O)O. The van der Waals surface area contributed by atoms with Gasteiger partial charge in [-0.05, 0) is 24.6 Å². The summed E-state index contributed by atoms with van der Waals surface area (Å²) >= 11 is 0. The molecule has 2 N–H and O–H groups in total. The average molecular weight is 321 g/mol. The van der Waals surface area contributed by atoms with E-state index in [9.17, 15) is 18.8 Å². The lowest BCUT2D eigenvalue weighted by atomic mass is 10.1. The summed E-state index contributed by atoms with van der Waals surface area (Å²) in [6.45, 7) is 1.45. The van der Waals surface area contributed by atoms with E-state index in [0.717, 1.165) is 5.01 Å². The molecule has 8 heteroatoms. The van der Waals surface area contributed by atoms with Crippen LogP contribution in [-0.4, -0.2) is 39.7 Å². The Morgan fingerprint density at radius 2 is 2.00 bits per heavy atom. The molecule has 0 aromatic heterocycles. The van der Waals surface area contributed by atoms with Crippen molar-refractivity contribution in [1.82, 2.24) is 10.3 Å². The van der Waals surface area contributed by atoms with Crippen LogP contribution in [-0.2, 0) is 20.9 Å². The zero-order valence-electron chi connectivity index (χ0n) is 12.5. The predicted molar refractivity (Wildman–Crippen MR) is 78.9 cm³/mol. The first kappa shape index (κ1) is 16.6. The Morgan fingerprint density at radius 3 is 2.61 bits per heavy atom. The fourth-order valence-electron chi connectivity index (χ4n) is 1.99. The van der Waals surface area contributed by atoms with E-state index in [1.165, 1.54) is 31.2 Å². The molecule has 122 valence electrons. The minimum absolute atomic E-state index is 0.0970. The van der Waals surface area contributed by atoms with Gasteiger partial charge >= 0.3 is 5.97 Å². The van der Waals surface area contributed by atoms with Crippen LogP contribution in [0.4, 0.5) is 4.39 Å². The number of rotatable bonds is 5. The van der Waals surface area contributed by atoms with Gasteiger partial charge in [0, 0.05) is 12.8 Å². The van der Waals surface area contributed by atoms with Crippen LogP contribution in [0.5, 0.6) is 0 Å². The van der Waals surface area contributed by atoms with Crippen LogP contribution in [0.3, 0.4) is 0 Å². The number of hydrogen-bond donors (Lipinski definition) is 2. The maximum atomic E-state index is 12.9. The van der Waals surface area contributed by atoms with Crippen molar-refractivity contribution in [1.29, 1.82) is 0 Å². The Hall–Kier alpha value is -2.77. The van der Waals surface area contributed by atoms with Crippen LogP contribution < -0.4 is 5.32 Å². The molecular weight excluding hydrogens is 305 g/mol. The lowest BCUT2D eigenvalue weighted by Gasteiger charge is -2.23. The van der Waals surface area contributed by atoms with Gasteiger partial charge in [-0.2, -0.15) is 5.10 Å². The van der Waals surface area contributed by atoms with Gasteiger partial charge in [-0.1, -0.05) is 12.1 Å². The molecule has 7 nitrogen and oxygen atoms in total. The summed E-state index contributed by atoms with van der Waals surface area (Å²) in [4.78, 5) is 34.6. The van der Waals surface area contributed by atoms with Gasteiger partial charge in [-0.25, -0.2) is 9.40 Å². The first-order chi connectivity index (χ1) is 10.9. The maximum absolute atomic E-state index is 12.9. The van der Waals surface area contributed by atoms with Gasteiger partial charge in [-0.3, -0.25) is 14.4 Å². The monoisotopic (exact) mass is 321 g/mol. The van der Waals surface area contributed by atoms with Gasteiger partial charge in [0.2, 0.25) is 5.91 Å². The summed E-state index contributed by atoms with van der Waals surface area (Å²) in [7, 11) is 0. The van der Waals surface area contributed by atoms with Crippen molar-refractivity contribution in [2.45, 2.75) is 32.4 Å². The molecule has 1 atom stereocenters. The van der Waals surface area contributed by atoms with E-state index in [2.05, 4.69) is 10.4 Å². The Balaban J connectivity index is 2.09. The number of benzene rings is 1. The molecule has 23 heavy (non-hydrogen) atoms. The average Bonchev–Trinajstić information content (AvgIpc) is 2.51. The number of halogens is 1. The highest BCUT2D eigenvalue weighted by molar-refractivity contribution is 6.39. The summed E-state index contributed by atoms with van der Waals surface area (Å²) in [5.41, 5.74) is 0.767. The van der Waals surface area contributed by atoms with Gasteiger partial charge < -0.3 is 10.4 Å². The molecule has 1 aromatic rings. The number of carbonyl (C=O) groups is 3. The van der Waals surface area contributed by atoms with Crippen molar-refractivity contribution < 1.29 is 23.9 Å². The number of hydrazone groups is 1. The number of carbonyl (C=O) groups excluding carboxylic acids is 2. The fraction of sp³-hybridized carbons (Fsp3) is 0.333. The van der Waals surface area contributed by atoms with Gasteiger partial charge in [0.15, 0.2) is 0 Å². The van der Waals surface area contributed by atoms with Crippen molar-refractivity contribution in [3.63, 3.8) is 0 Å². The summed E-state index contributed by atoms with van der Waals surface area (Å²) in [5.74, 6) is -2.41. The lowest BCUT2D eigenvalue weighted by molar-refractivity contribution is -0.140. The zero-order chi connectivity index (χ0) is 17.0. The molecule has 1 aliphatic heterocycles. The normalized spacial score (nSPS) is 15.8. The minimum Gasteiger partial charge on any atom is -0.480 e. The number of carboxylic acid groups (broad SMARTS) is 1. The Morgan fingerprint density at radius 1 is 1.35 bits per heavy atom. The number of aliphatic carboxylic acids is 1. The summed E-state index contributed by atoms with van der Waals surface area (Å²) in [5, 5.41) is 16.2. The van der Waals surface area contributed by atoms with Crippen LogP contribution in [0.2, 0.25) is 0 Å². The van der Waals surface area contributed by atoms with Crippen molar-refractivity contribution in [3.8, 4) is 0 Å². The second-order valence-corrected chi connectivity index (χ2v) is 5.16. The minimum atomic E-state index is -1.16. The Bertz CT molecular complexity index is 657. The van der Waals surface area contributed by atoms with E-state index in [1.54, 1.807) is 0 Å². The second-order valence-electron chi connectivity index (χ2n) is 5.16. The van der Waals surface area contributed by atoms with E-state index in [-0.39, 0.29) is 36.8 Å². The van der Waals surface area contributed by atoms with Crippen LogP contribution in [0.1, 0.15) is 25.3 Å². The predicted octanol–water partition coefficient (Wildman–Crippen LogP) is 0.893. The van der Waals surface area contributed by atoms with Gasteiger partial charge in [0.25, 0.3) is 5.91 Å². The molecular formula is C15H16FN3O4. The van der Waals surface area contributed by atoms with E-state index >= 15 is 0 Å². The van der Waals surface area contributed by atoms with Crippen molar-refractivity contribution in [2.75, 3.05) is 0 Å². The highest BCUT2D eigenvalue weighted by atomic mass is 19.1. The summed E-state index contributed by atoms with van der Waals surface area (Å²) in [6, 6.07) is 4.55. The quantitative estimate of drug-likeness (QED) is 0.841. The third-order valence-electron chi connectivity index (χ3n) is 3.33. The smallest absolute Gasteiger partial charge is 0.325 e. The van der Waals surface area contributed by atoms with Crippen molar-refractivity contribution >= 4 is 23.5 Å².